The molecular formula is C18H24N2O3S. The van der Waals surface area contributed by atoms with Crippen LogP contribution >= 0.6 is 11.8 Å². The zero-order valence-electron chi connectivity index (χ0n) is 14.4. The summed E-state index contributed by atoms with van der Waals surface area (Å²) in [6, 6.07) is 5.74. The quantitative estimate of drug-likeness (QED) is 0.834. The van der Waals surface area contributed by atoms with Crippen LogP contribution in [-0.4, -0.2) is 59.0 Å². The Labute approximate surface area is 147 Å². The van der Waals surface area contributed by atoms with Crippen LogP contribution in [-0.2, 0) is 22.4 Å². The molecule has 1 fully saturated rings. The number of fused-ring (bicyclic) bond motifs is 1. The van der Waals surface area contributed by atoms with Crippen LogP contribution < -0.4 is 4.74 Å². The number of rotatable bonds is 4. The molecule has 3 rings (SSSR count). The Balaban J connectivity index is 1.68. The minimum absolute atomic E-state index is 0.0226. The normalized spacial score (nSPS) is 19.3. The minimum Gasteiger partial charge on any atom is -0.493 e. The maximum absolute atomic E-state index is 12.7. The standard InChI is InChI=1S/C18H24N2O3S/c1-12(2)19(3)18(22)15-10-24-11-20(15)17(21)9-13-4-5-16-14(8-13)6-7-23-16/h4-5,8,12,15H,6-7,9-11H2,1-3H3/t15-/m0/s1. The first kappa shape index (κ1) is 17.1. The van der Waals surface area contributed by atoms with E-state index in [9.17, 15) is 9.59 Å². The van der Waals surface area contributed by atoms with Crippen molar-refractivity contribution in [2.45, 2.75) is 38.8 Å². The highest BCUT2D eigenvalue weighted by Crippen LogP contribution is 2.27. The lowest BCUT2D eigenvalue weighted by molar-refractivity contribution is -0.143. The van der Waals surface area contributed by atoms with Gasteiger partial charge in [0, 0.05) is 25.3 Å². The Kier molecular flexibility index (Phi) is 5.04. The molecule has 0 N–H and O–H groups in total. The fourth-order valence-corrected chi connectivity index (χ4v) is 4.18. The first-order chi connectivity index (χ1) is 11.5. The van der Waals surface area contributed by atoms with Gasteiger partial charge in [0.2, 0.25) is 11.8 Å². The van der Waals surface area contributed by atoms with Crippen molar-refractivity contribution in [3.63, 3.8) is 0 Å². The van der Waals surface area contributed by atoms with Crippen LogP contribution in [0, 0.1) is 0 Å². The molecule has 1 aromatic carbocycles. The third kappa shape index (κ3) is 3.38. The average molecular weight is 348 g/mol. The number of benzene rings is 1. The maximum atomic E-state index is 12.7. The molecule has 0 spiro atoms. The summed E-state index contributed by atoms with van der Waals surface area (Å²) in [5.74, 6) is 2.25. The van der Waals surface area contributed by atoms with E-state index in [4.69, 9.17) is 4.74 Å². The summed E-state index contributed by atoms with van der Waals surface area (Å²) in [7, 11) is 1.80. The van der Waals surface area contributed by atoms with Crippen molar-refractivity contribution < 1.29 is 14.3 Å². The Hall–Kier alpha value is -1.69. The van der Waals surface area contributed by atoms with Crippen molar-refractivity contribution in [2.24, 2.45) is 0 Å². The molecule has 0 aromatic heterocycles. The van der Waals surface area contributed by atoms with E-state index in [-0.39, 0.29) is 23.9 Å². The molecule has 2 aliphatic heterocycles. The average Bonchev–Trinajstić information content (AvgIpc) is 3.21. The summed E-state index contributed by atoms with van der Waals surface area (Å²) in [6.45, 7) is 4.69. The topological polar surface area (TPSA) is 49.9 Å². The number of thioether (sulfide) groups is 1. The third-order valence-corrected chi connectivity index (χ3v) is 5.73. The van der Waals surface area contributed by atoms with Gasteiger partial charge in [0.25, 0.3) is 0 Å². The number of carbonyl (C=O) groups is 2. The molecule has 2 aliphatic rings. The summed E-state index contributed by atoms with van der Waals surface area (Å²) in [5.41, 5.74) is 2.16. The van der Waals surface area contributed by atoms with Gasteiger partial charge >= 0.3 is 0 Å². The highest BCUT2D eigenvalue weighted by atomic mass is 32.2. The molecule has 0 bridgehead atoms. The Morgan fingerprint density at radius 3 is 2.96 bits per heavy atom. The SMILES string of the molecule is CC(C)N(C)C(=O)[C@@H]1CSCN1C(=O)Cc1ccc2c(c1)CCO2. The van der Waals surface area contributed by atoms with E-state index in [1.54, 1.807) is 28.6 Å². The predicted molar refractivity (Wildman–Crippen MR) is 95.2 cm³/mol. The molecule has 0 unspecified atom stereocenters. The fourth-order valence-electron chi connectivity index (χ4n) is 3.01. The van der Waals surface area contributed by atoms with Gasteiger partial charge in [0.15, 0.2) is 0 Å². The van der Waals surface area contributed by atoms with E-state index in [0.29, 0.717) is 24.7 Å². The van der Waals surface area contributed by atoms with Crippen molar-refractivity contribution in [1.29, 1.82) is 0 Å². The molecule has 1 saturated heterocycles. The van der Waals surface area contributed by atoms with E-state index in [2.05, 4.69) is 6.07 Å². The lowest BCUT2D eigenvalue weighted by atomic mass is 10.1. The summed E-state index contributed by atoms with van der Waals surface area (Å²) < 4.78 is 5.51. The first-order valence-electron chi connectivity index (χ1n) is 8.36. The number of hydrogen-bond acceptors (Lipinski definition) is 4. The van der Waals surface area contributed by atoms with Crippen molar-refractivity contribution in [3.8, 4) is 5.75 Å². The lowest BCUT2D eigenvalue weighted by Crippen LogP contribution is -2.49. The van der Waals surface area contributed by atoms with Crippen LogP contribution in [0.1, 0.15) is 25.0 Å². The first-order valence-corrected chi connectivity index (χ1v) is 9.51. The van der Waals surface area contributed by atoms with Gasteiger partial charge in [-0.25, -0.2) is 0 Å². The van der Waals surface area contributed by atoms with Crippen LogP contribution in [0.5, 0.6) is 5.75 Å². The molecule has 130 valence electrons. The zero-order valence-corrected chi connectivity index (χ0v) is 15.3. The summed E-state index contributed by atoms with van der Waals surface area (Å²) >= 11 is 1.64. The van der Waals surface area contributed by atoms with Gasteiger partial charge < -0.3 is 14.5 Å². The van der Waals surface area contributed by atoms with E-state index in [1.165, 1.54) is 5.56 Å². The molecular weight excluding hydrogens is 324 g/mol. The van der Waals surface area contributed by atoms with E-state index < -0.39 is 0 Å². The lowest BCUT2D eigenvalue weighted by Gasteiger charge is -2.29. The van der Waals surface area contributed by atoms with Gasteiger partial charge in [0.05, 0.1) is 18.9 Å². The Morgan fingerprint density at radius 2 is 2.21 bits per heavy atom. The van der Waals surface area contributed by atoms with Gasteiger partial charge in [-0.15, -0.1) is 11.8 Å². The molecule has 6 heteroatoms. The third-order valence-electron chi connectivity index (χ3n) is 4.72. The largest absolute Gasteiger partial charge is 0.493 e. The van der Waals surface area contributed by atoms with Gasteiger partial charge in [0.1, 0.15) is 11.8 Å². The highest BCUT2D eigenvalue weighted by Gasteiger charge is 2.36. The molecule has 5 nitrogen and oxygen atoms in total. The molecule has 0 radical (unpaired) electrons. The van der Waals surface area contributed by atoms with Crippen LogP contribution in [0.25, 0.3) is 0 Å². The fraction of sp³-hybridized carbons (Fsp3) is 0.556. The predicted octanol–water partition coefficient (Wildman–Crippen LogP) is 1.93. The number of carbonyl (C=O) groups excluding carboxylic acids is 2. The molecule has 1 atom stereocenters. The molecule has 0 saturated carbocycles. The second-order valence-electron chi connectivity index (χ2n) is 6.64. The summed E-state index contributed by atoms with van der Waals surface area (Å²) in [5, 5.41) is 0. The van der Waals surface area contributed by atoms with E-state index in [1.807, 2.05) is 26.0 Å². The Morgan fingerprint density at radius 1 is 1.42 bits per heavy atom. The summed E-state index contributed by atoms with van der Waals surface area (Å²) in [4.78, 5) is 28.8. The smallest absolute Gasteiger partial charge is 0.246 e. The van der Waals surface area contributed by atoms with E-state index in [0.717, 1.165) is 17.7 Å². The summed E-state index contributed by atoms with van der Waals surface area (Å²) in [6.07, 6.45) is 1.24. The second kappa shape index (κ2) is 7.05. The number of hydrogen-bond donors (Lipinski definition) is 0. The van der Waals surface area contributed by atoms with Gasteiger partial charge in [-0.05, 0) is 31.0 Å². The van der Waals surface area contributed by atoms with Crippen molar-refractivity contribution in [1.82, 2.24) is 9.80 Å². The van der Waals surface area contributed by atoms with Crippen molar-refractivity contribution >= 4 is 23.6 Å². The molecule has 2 amide bonds. The number of ether oxygens (including phenoxy) is 1. The molecule has 2 heterocycles. The van der Waals surface area contributed by atoms with Gasteiger partial charge in [-0.3, -0.25) is 9.59 Å². The van der Waals surface area contributed by atoms with E-state index >= 15 is 0 Å². The highest BCUT2D eigenvalue weighted by molar-refractivity contribution is 7.99. The monoisotopic (exact) mass is 348 g/mol. The van der Waals surface area contributed by atoms with Crippen molar-refractivity contribution in [3.05, 3.63) is 29.3 Å². The second-order valence-corrected chi connectivity index (χ2v) is 7.64. The van der Waals surface area contributed by atoms with Crippen LogP contribution in [0.4, 0.5) is 0 Å². The number of likely N-dealkylation sites (N-methyl/N-ethyl adjacent to an activating group) is 1. The van der Waals surface area contributed by atoms with Crippen LogP contribution in [0.15, 0.2) is 18.2 Å². The molecule has 1 aromatic rings. The Bertz CT molecular complexity index is 647. The van der Waals surface area contributed by atoms with Gasteiger partial charge in [-0.2, -0.15) is 0 Å². The van der Waals surface area contributed by atoms with Gasteiger partial charge in [-0.1, -0.05) is 12.1 Å². The van der Waals surface area contributed by atoms with Crippen LogP contribution in [0.2, 0.25) is 0 Å². The zero-order chi connectivity index (χ0) is 17.3. The molecule has 0 aliphatic carbocycles. The number of nitrogens with zero attached hydrogens (tertiary/aromatic N) is 2. The maximum Gasteiger partial charge on any atom is 0.246 e. The van der Waals surface area contributed by atoms with Crippen molar-refractivity contribution in [2.75, 3.05) is 25.3 Å². The van der Waals surface area contributed by atoms with Crippen LogP contribution in [0.3, 0.4) is 0 Å². The number of amides is 2. The molecule has 24 heavy (non-hydrogen) atoms. The minimum atomic E-state index is -0.340.